The van der Waals surface area contributed by atoms with Crippen molar-refractivity contribution in [3.63, 3.8) is 0 Å². The van der Waals surface area contributed by atoms with Gasteiger partial charge in [-0.15, -0.1) is 0 Å². The van der Waals surface area contributed by atoms with Crippen LogP contribution in [0.5, 0.6) is 0 Å². The first-order valence-electron chi connectivity index (χ1n) is 10.6. The second-order valence-electron chi connectivity index (χ2n) is 9.04. The first-order valence-corrected chi connectivity index (χ1v) is 11.0. The van der Waals surface area contributed by atoms with E-state index in [0.29, 0.717) is 16.5 Å². The lowest BCUT2D eigenvalue weighted by atomic mass is 9.66. The van der Waals surface area contributed by atoms with Gasteiger partial charge < -0.3 is 10.3 Å². The van der Waals surface area contributed by atoms with E-state index in [1.54, 1.807) is 18.2 Å². The topological polar surface area (TPSA) is 76.9 Å². The molecule has 8 heteroatoms. The molecular formula is C24H22ClFN4O2. The fourth-order valence-corrected chi connectivity index (χ4v) is 5.84. The first kappa shape index (κ1) is 19.8. The van der Waals surface area contributed by atoms with Gasteiger partial charge in [0.15, 0.2) is 0 Å². The van der Waals surface area contributed by atoms with E-state index in [0.717, 1.165) is 59.4 Å². The van der Waals surface area contributed by atoms with E-state index in [1.807, 2.05) is 19.1 Å². The molecule has 2 atom stereocenters. The van der Waals surface area contributed by atoms with E-state index in [2.05, 4.69) is 11.2 Å². The molecule has 2 N–H and O–H groups in total. The maximum Gasteiger partial charge on any atom is 0.221 e. The molecule has 3 aromatic rings. The number of benzene rings is 2. The molecule has 1 aromatic heterocycles. The van der Waals surface area contributed by atoms with Crippen LogP contribution in [0.2, 0.25) is 5.02 Å². The van der Waals surface area contributed by atoms with E-state index in [-0.39, 0.29) is 11.2 Å². The first-order chi connectivity index (χ1) is 15.3. The number of hydrogen-bond donors (Lipinski definition) is 1. The highest BCUT2D eigenvalue weighted by Gasteiger charge is 2.64. The number of rotatable bonds is 1. The van der Waals surface area contributed by atoms with Crippen molar-refractivity contribution in [3.8, 4) is 11.1 Å². The summed E-state index contributed by atoms with van der Waals surface area (Å²) in [5, 5.41) is 6.08. The van der Waals surface area contributed by atoms with Crippen LogP contribution in [0.3, 0.4) is 0 Å². The second kappa shape index (κ2) is 6.56. The molecule has 2 unspecified atom stereocenters. The number of aliphatic imine (C=N–C) groups is 1. The highest BCUT2D eigenvalue weighted by atomic mass is 35.5. The minimum Gasteiger partial charge on any atom is -0.368 e. The lowest BCUT2D eigenvalue weighted by Gasteiger charge is -2.42. The summed E-state index contributed by atoms with van der Waals surface area (Å²) in [4.78, 5) is 11.4. The van der Waals surface area contributed by atoms with Crippen LogP contribution in [0, 0.1) is 18.2 Å². The van der Waals surface area contributed by atoms with Crippen LogP contribution in [0.15, 0.2) is 45.9 Å². The van der Waals surface area contributed by atoms with Crippen LogP contribution in [0.1, 0.15) is 34.6 Å². The fourth-order valence-electron chi connectivity index (χ4n) is 5.62. The number of nitrogens with zero attached hydrogens (tertiary/aromatic N) is 3. The Balaban J connectivity index is 1.53. The Morgan fingerprint density at radius 1 is 1.16 bits per heavy atom. The number of halogens is 2. The number of aromatic nitrogens is 1. The second-order valence-corrected chi connectivity index (χ2v) is 9.47. The van der Waals surface area contributed by atoms with Gasteiger partial charge in [-0.05, 0) is 67.1 Å². The summed E-state index contributed by atoms with van der Waals surface area (Å²) in [6.45, 7) is 1.97. The van der Waals surface area contributed by atoms with Gasteiger partial charge in [0, 0.05) is 35.0 Å². The molecular weight excluding hydrogens is 431 g/mol. The average Bonchev–Trinajstić information content (AvgIpc) is 3.35. The largest absolute Gasteiger partial charge is 0.368 e. The van der Waals surface area contributed by atoms with Gasteiger partial charge in [0.2, 0.25) is 11.7 Å². The number of hydrogen-bond acceptors (Lipinski definition) is 6. The maximum absolute atomic E-state index is 14.0. The molecule has 164 valence electrons. The Kier molecular flexibility index (Phi) is 4.05. The SMILES string of the molecule is Cc1noc2c1CC1(CC2)Cc2ccc(-c3cc(F)cc(Cl)c3)cc2C12N=C(N)N(C)O2. The van der Waals surface area contributed by atoms with Crippen LogP contribution in [0.4, 0.5) is 4.39 Å². The summed E-state index contributed by atoms with van der Waals surface area (Å²) < 4.78 is 19.6. The third-order valence-electron chi connectivity index (χ3n) is 7.19. The zero-order chi connectivity index (χ0) is 22.3. The molecule has 0 fully saturated rings. The quantitative estimate of drug-likeness (QED) is 0.587. The van der Waals surface area contributed by atoms with E-state index in [4.69, 9.17) is 31.7 Å². The van der Waals surface area contributed by atoms with Crippen molar-refractivity contribution in [1.82, 2.24) is 10.2 Å². The van der Waals surface area contributed by atoms with Gasteiger partial charge >= 0.3 is 0 Å². The molecule has 32 heavy (non-hydrogen) atoms. The minimum absolute atomic E-state index is 0.327. The van der Waals surface area contributed by atoms with Crippen molar-refractivity contribution in [2.75, 3.05) is 7.05 Å². The van der Waals surface area contributed by atoms with E-state index >= 15 is 0 Å². The molecule has 6 nitrogen and oxygen atoms in total. The molecule has 2 aromatic carbocycles. The Hall–Kier alpha value is -2.90. The molecule has 0 bridgehead atoms. The summed E-state index contributed by atoms with van der Waals surface area (Å²) in [5.74, 6) is 0.905. The Morgan fingerprint density at radius 2 is 2.00 bits per heavy atom. The normalized spacial score (nSPS) is 26.0. The van der Waals surface area contributed by atoms with Crippen molar-refractivity contribution in [1.29, 1.82) is 0 Å². The summed E-state index contributed by atoms with van der Waals surface area (Å²) in [6.07, 6.45) is 3.12. The molecule has 0 saturated heterocycles. The smallest absolute Gasteiger partial charge is 0.221 e. The van der Waals surface area contributed by atoms with Gasteiger partial charge in [0.25, 0.3) is 0 Å². The number of guanidine groups is 1. The molecule has 1 aliphatic heterocycles. The van der Waals surface area contributed by atoms with Crippen LogP contribution in [-0.4, -0.2) is 23.2 Å². The molecule has 2 heterocycles. The Labute approximate surface area is 189 Å². The standard InChI is InChI=1S/C24H22ClFN4O2/c1-13-19-12-23(6-5-21(19)31-29-13)11-15-4-3-14(16-7-17(25)10-18(26)8-16)9-20(15)24(23)28-22(27)30(2)32-24/h3-4,7-10H,5-6,11-12H2,1-2H3,(H2,27,28). The van der Waals surface area contributed by atoms with E-state index < -0.39 is 5.72 Å². The molecule has 0 radical (unpaired) electrons. The molecule has 0 amide bonds. The van der Waals surface area contributed by atoms with Crippen molar-refractivity contribution >= 4 is 17.6 Å². The predicted molar refractivity (Wildman–Crippen MR) is 118 cm³/mol. The highest BCUT2D eigenvalue weighted by Crippen LogP contribution is 2.61. The highest BCUT2D eigenvalue weighted by molar-refractivity contribution is 6.30. The number of aryl methyl sites for hydroxylation is 2. The molecule has 0 saturated carbocycles. The van der Waals surface area contributed by atoms with Crippen molar-refractivity contribution < 1.29 is 13.8 Å². The lowest BCUT2D eigenvalue weighted by Crippen LogP contribution is -2.46. The zero-order valence-corrected chi connectivity index (χ0v) is 18.5. The minimum atomic E-state index is -0.963. The predicted octanol–water partition coefficient (Wildman–Crippen LogP) is 4.52. The van der Waals surface area contributed by atoms with Gasteiger partial charge in [-0.3, -0.25) is 0 Å². The fraction of sp³-hybridized carbons (Fsp3) is 0.333. The maximum atomic E-state index is 14.0. The van der Waals surface area contributed by atoms with Crippen LogP contribution in [-0.2, 0) is 29.8 Å². The van der Waals surface area contributed by atoms with Gasteiger partial charge in [0.05, 0.1) is 5.69 Å². The van der Waals surface area contributed by atoms with Crippen LogP contribution < -0.4 is 5.73 Å². The lowest BCUT2D eigenvalue weighted by molar-refractivity contribution is -0.224. The van der Waals surface area contributed by atoms with Crippen molar-refractivity contribution in [3.05, 3.63) is 75.4 Å². The molecule has 2 aliphatic carbocycles. The summed E-state index contributed by atoms with van der Waals surface area (Å²) in [6, 6.07) is 10.7. The number of nitrogens with two attached hydrogens (primary N) is 1. The van der Waals surface area contributed by atoms with E-state index in [1.165, 1.54) is 12.1 Å². The van der Waals surface area contributed by atoms with Gasteiger partial charge in [0.1, 0.15) is 11.6 Å². The zero-order valence-electron chi connectivity index (χ0n) is 17.8. The van der Waals surface area contributed by atoms with E-state index in [9.17, 15) is 4.39 Å². The van der Waals surface area contributed by atoms with Gasteiger partial charge in [-0.2, -0.15) is 0 Å². The summed E-state index contributed by atoms with van der Waals surface area (Å²) >= 11 is 6.12. The number of hydroxylamine groups is 2. The molecule has 6 rings (SSSR count). The Morgan fingerprint density at radius 3 is 2.75 bits per heavy atom. The Bertz CT molecular complexity index is 1280. The monoisotopic (exact) mass is 452 g/mol. The van der Waals surface area contributed by atoms with Crippen molar-refractivity contribution in [2.45, 2.75) is 38.3 Å². The molecule has 3 aliphatic rings. The average molecular weight is 453 g/mol. The van der Waals surface area contributed by atoms with Crippen LogP contribution >= 0.6 is 11.6 Å². The third-order valence-corrected chi connectivity index (χ3v) is 7.41. The van der Waals surface area contributed by atoms with Crippen LogP contribution in [0.25, 0.3) is 11.1 Å². The van der Waals surface area contributed by atoms with Gasteiger partial charge in [-0.1, -0.05) is 28.9 Å². The van der Waals surface area contributed by atoms with Gasteiger partial charge in [-0.25, -0.2) is 19.3 Å². The third kappa shape index (κ3) is 2.61. The summed E-state index contributed by atoms with van der Waals surface area (Å²) in [5.41, 5.74) is 10.6. The summed E-state index contributed by atoms with van der Waals surface area (Å²) in [7, 11) is 1.77. The molecule has 2 spiro atoms. The number of fused-ring (bicyclic) bond motifs is 4. The van der Waals surface area contributed by atoms with Crippen molar-refractivity contribution in [2.24, 2.45) is 16.1 Å².